The van der Waals surface area contributed by atoms with Gasteiger partial charge in [-0.2, -0.15) is 0 Å². The van der Waals surface area contributed by atoms with Crippen LogP contribution in [0.15, 0.2) is 0 Å². The Kier molecular flexibility index (Phi) is 5.59. The van der Waals surface area contributed by atoms with Crippen LogP contribution in [0.1, 0.15) is 0 Å². The molecule has 0 amide bonds. The van der Waals surface area contributed by atoms with Crippen molar-refractivity contribution < 1.29 is 0 Å². The van der Waals surface area contributed by atoms with Gasteiger partial charge in [0.15, 0.2) is 20.9 Å². The third kappa shape index (κ3) is 2.07. The van der Waals surface area contributed by atoms with Crippen molar-refractivity contribution in [2.24, 2.45) is 0 Å². The van der Waals surface area contributed by atoms with Crippen molar-refractivity contribution in [3.63, 3.8) is 0 Å². The van der Waals surface area contributed by atoms with E-state index in [0.29, 0.717) is 0 Å². The van der Waals surface area contributed by atoms with Crippen LogP contribution >= 0.6 is 138 Å². The smallest absolute Gasteiger partial charge is 0.139 e. The summed E-state index contributed by atoms with van der Waals surface area (Å²) in [6.07, 6.45) is 0. The lowest BCUT2D eigenvalue weighted by Gasteiger charge is -2.59. The summed E-state index contributed by atoms with van der Waals surface area (Å²) in [5.74, 6) is 0. The van der Waals surface area contributed by atoms with Crippen LogP contribution in [0, 0.1) is 0 Å². The predicted octanol–water partition coefficient (Wildman–Crippen LogP) is 6.87. The van der Waals surface area contributed by atoms with E-state index < -0.39 is 27.6 Å². The third-order valence-corrected chi connectivity index (χ3v) is 20.5. The molecule has 108 valence electrons. The zero-order chi connectivity index (χ0) is 15.0. The molecule has 1 heterocycles. The molecule has 0 bridgehead atoms. The van der Waals surface area contributed by atoms with Crippen LogP contribution in [0.25, 0.3) is 0 Å². The Hall–Kier alpha value is 3.70. The molecule has 0 aliphatic carbocycles. The number of hydrogen-bond acceptors (Lipinski definition) is 0. The van der Waals surface area contributed by atoms with Crippen LogP contribution in [0.3, 0.4) is 0 Å². The summed E-state index contributed by atoms with van der Waals surface area (Å²) in [5, 5.41) is 0. The normalized spacial score (nSPS) is 34.0. The van der Waals surface area contributed by atoms with E-state index in [1.807, 2.05) is 0 Å². The SMILES string of the molecule is ClC1(Cl)C(Cl)(Cl)C(Cl)(Cl)[Si](Cl)(Cl)C(Cl)(Cl)C1(Cl)Cl. The maximum Gasteiger partial charge on any atom is 0.327 e. The fraction of sp³-hybridized carbons (Fsp3) is 1.00. The van der Waals surface area contributed by atoms with Crippen LogP contribution in [-0.2, 0) is 0 Å². The van der Waals surface area contributed by atoms with Crippen LogP contribution < -0.4 is 0 Å². The minimum absolute atomic E-state index is 2.26. The van der Waals surface area contributed by atoms with E-state index in [9.17, 15) is 0 Å². The number of halogens is 12. The Bertz CT molecular complexity index is 252. The maximum absolute atomic E-state index is 6.07. The van der Waals surface area contributed by atoms with E-state index in [0.717, 1.165) is 0 Å². The molecule has 1 fully saturated rings. The van der Waals surface area contributed by atoms with E-state index in [1.165, 1.54) is 0 Å². The molecule has 0 N–H and O–H groups in total. The summed E-state index contributed by atoms with van der Waals surface area (Å²) in [6, 6.07) is 0. The number of rotatable bonds is 0. The lowest BCUT2D eigenvalue weighted by Crippen LogP contribution is -2.81. The Balaban J connectivity index is 3.72. The second-order valence-electron chi connectivity index (χ2n) is 3.45. The molecule has 1 aliphatic heterocycles. The second kappa shape index (κ2) is 5.10. The average molecular weight is 514 g/mol. The molecule has 1 saturated heterocycles. The molecule has 0 aromatic rings. The van der Waals surface area contributed by atoms with Crippen molar-refractivity contribution in [2.75, 3.05) is 0 Å². The molecule has 13 heteroatoms. The monoisotopic (exact) mass is 508 g/mol. The standard InChI is InChI=1S/C5Cl12Si/c6-1(7)2(8,9)4(12,13)18(16,17)5(14,15)3(1,10)11. The van der Waals surface area contributed by atoms with Gasteiger partial charge in [-0.3, -0.25) is 0 Å². The van der Waals surface area contributed by atoms with Gasteiger partial charge < -0.3 is 0 Å². The molecule has 1 rings (SSSR count). The predicted molar refractivity (Wildman–Crippen MR) is 89.6 cm³/mol. The van der Waals surface area contributed by atoms with E-state index in [1.54, 1.807) is 0 Å². The maximum atomic E-state index is 6.07. The molecule has 0 nitrogen and oxygen atoms in total. The van der Waals surface area contributed by atoms with E-state index in [4.69, 9.17) is 138 Å². The topological polar surface area (TPSA) is 0 Å². The average Bonchev–Trinajstić information content (AvgIpc) is 2.14. The molecule has 18 heavy (non-hydrogen) atoms. The van der Waals surface area contributed by atoms with Gasteiger partial charge >= 0.3 is 6.69 Å². The molecule has 0 atom stereocenters. The molecule has 0 aromatic carbocycles. The van der Waals surface area contributed by atoms with E-state index in [-0.39, 0.29) is 0 Å². The van der Waals surface area contributed by atoms with Crippen molar-refractivity contribution in [1.29, 1.82) is 0 Å². The van der Waals surface area contributed by atoms with Gasteiger partial charge in [0.2, 0.25) is 0 Å². The van der Waals surface area contributed by atoms with Crippen LogP contribution in [0.5, 0.6) is 0 Å². The summed E-state index contributed by atoms with van der Waals surface area (Å²) in [5.41, 5.74) is 0. The zero-order valence-electron chi connectivity index (χ0n) is 7.54. The highest BCUT2D eigenvalue weighted by Crippen LogP contribution is 2.75. The first kappa shape index (κ1) is 19.7. The highest BCUT2D eigenvalue weighted by Gasteiger charge is 2.89. The van der Waals surface area contributed by atoms with Gasteiger partial charge in [-0.05, 0) is 0 Å². The Morgan fingerprint density at radius 1 is 0.444 bits per heavy atom. The first-order chi connectivity index (χ1) is 7.50. The largest absolute Gasteiger partial charge is 0.327 e. The van der Waals surface area contributed by atoms with Gasteiger partial charge in [0.1, 0.15) is 0 Å². The molecule has 1 aliphatic rings. The highest BCUT2D eigenvalue weighted by molar-refractivity contribution is 7.55. The summed E-state index contributed by atoms with van der Waals surface area (Å²) in [6.45, 7) is -4.10. The molecular weight excluding hydrogens is 514 g/mol. The summed E-state index contributed by atoms with van der Waals surface area (Å²) >= 11 is 71.9. The van der Waals surface area contributed by atoms with Crippen molar-refractivity contribution in [1.82, 2.24) is 0 Å². The van der Waals surface area contributed by atoms with Crippen molar-refractivity contribution in [2.45, 2.75) is 20.9 Å². The summed E-state index contributed by atoms with van der Waals surface area (Å²) < 4.78 is -11.5. The van der Waals surface area contributed by atoms with Gasteiger partial charge in [0, 0.05) is 0 Å². The summed E-state index contributed by atoms with van der Waals surface area (Å²) in [7, 11) is 0. The fourth-order valence-electron chi connectivity index (χ4n) is 1.18. The number of hydrogen-bond donors (Lipinski definition) is 0. The van der Waals surface area contributed by atoms with Crippen LogP contribution in [0.4, 0.5) is 0 Å². The van der Waals surface area contributed by atoms with E-state index >= 15 is 0 Å². The quantitative estimate of drug-likeness (QED) is 0.188. The second-order valence-corrected chi connectivity index (χ2v) is 18.0. The van der Waals surface area contributed by atoms with E-state index in [2.05, 4.69) is 0 Å². The lowest BCUT2D eigenvalue weighted by molar-refractivity contribution is 0.541. The van der Waals surface area contributed by atoms with Gasteiger partial charge in [-0.25, -0.2) is 0 Å². The molecule has 0 spiro atoms. The van der Waals surface area contributed by atoms with Crippen molar-refractivity contribution in [3.05, 3.63) is 0 Å². The number of alkyl halides is 10. The highest BCUT2D eigenvalue weighted by atomic mass is 35.7. The third-order valence-electron chi connectivity index (χ3n) is 2.37. The van der Waals surface area contributed by atoms with Gasteiger partial charge in [-0.1, -0.05) is 116 Å². The Labute approximate surface area is 164 Å². The minimum Gasteiger partial charge on any atom is -0.139 e. The Morgan fingerprint density at radius 2 is 0.667 bits per heavy atom. The molecular formula is C5Cl12Si. The molecule has 0 unspecified atom stereocenters. The van der Waals surface area contributed by atoms with Crippen molar-refractivity contribution >= 4 is 145 Å². The van der Waals surface area contributed by atoms with Crippen molar-refractivity contribution in [3.8, 4) is 0 Å². The fourth-order valence-corrected chi connectivity index (χ4v) is 12.2. The summed E-state index contributed by atoms with van der Waals surface area (Å²) in [4.78, 5) is 0. The molecule has 0 radical (unpaired) electrons. The van der Waals surface area contributed by atoms with Crippen LogP contribution in [-0.4, -0.2) is 27.6 Å². The lowest BCUT2D eigenvalue weighted by atomic mass is 10.2. The van der Waals surface area contributed by atoms with Crippen LogP contribution in [0.2, 0.25) is 0 Å². The Morgan fingerprint density at radius 3 is 0.889 bits per heavy atom. The first-order valence-corrected chi connectivity index (χ1v) is 11.6. The van der Waals surface area contributed by atoms with Gasteiger partial charge in [-0.15, -0.1) is 22.2 Å². The first-order valence-electron chi connectivity index (χ1n) is 3.77. The molecule has 0 saturated carbocycles. The van der Waals surface area contributed by atoms with Gasteiger partial charge in [0.25, 0.3) is 0 Å². The zero-order valence-corrected chi connectivity index (χ0v) is 17.6. The van der Waals surface area contributed by atoms with Gasteiger partial charge in [0.05, 0.1) is 0 Å². The minimum atomic E-state index is -4.10. The molecule has 0 aromatic heterocycles.